The molecular weight excluding hydrogens is 341 g/mol. The third kappa shape index (κ3) is 3.61. The fraction of sp³-hybridized carbons (Fsp3) is 0.238. The number of aromatic nitrogens is 4. The summed E-state index contributed by atoms with van der Waals surface area (Å²) >= 11 is 0. The van der Waals surface area contributed by atoms with E-state index in [-0.39, 0.29) is 5.82 Å². The van der Waals surface area contributed by atoms with Gasteiger partial charge in [-0.1, -0.05) is 12.1 Å². The minimum absolute atomic E-state index is 0.262. The number of fused-ring (bicyclic) bond motifs is 1. The molecule has 0 amide bonds. The normalized spacial score (nSPS) is 11.6. The highest BCUT2D eigenvalue weighted by Gasteiger charge is 2.13. The number of imidazole rings is 1. The van der Waals surface area contributed by atoms with Gasteiger partial charge in [-0.15, -0.1) is 0 Å². The van der Waals surface area contributed by atoms with E-state index in [9.17, 15) is 4.39 Å². The van der Waals surface area contributed by atoms with Crippen LogP contribution in [0.3, 0.4) is 0 Å². The highest BCUT2D eigenvalue weighted by Crippen LogP contribution is 2.24. The Bertz CT molecular complexity index is 1100. The fourth-order valence-corrected chi connectivity index (χ4v) is 3.29. The van der Waals surface area contributed by atoms with E-state index in [1.807, 2.05) is 13.2 Å². The van der Waals surface area contributed by atoms with E-state index in [1.54, 1.807) is 6.07 Å². The topological polar surface area (TPSA) is 60.6 Å². The minimum atomic E-state index is -0.262. The van der Waals surface area contributed by atoms with Crippen LogP contribution in [0, 0.1) is 19.7 Å². The molecule has 0 spiro atoms. The van der Waals surface area contributed by atoms with E-state index in [0.717, 1.165) is 40.2 Å². The van der Waals surface area contributed by atoms with Crippen molar-refractivity contribution in [2.45, 2.75) is 26.9 Å². The molecule has 0 aliphatic rings. The number of nitrogens with one attached hydrogen (secondary N) is 2. The lowest BCUT2D eigenvalue weighted by Gasteiger charge is -2.15. The summed E-state index contributed by atoms with van der Waals surface area (Å²) in [4.78, 5) is 9.88. The lowest BCUT2D eigenvalue weighted by atomic mass is 10.0. The summed E-state index contributed by atoms with van der Waals surface area (Å²) in [7, 11) is 2.03. The zero-order valence-corrected chi connectivity index (χ0v) is 15.7. The summed E-state index contributed by atoms with van der Waals surface area (Å²) in [6, 6.07) is 11.0. The second-order valence-electron chi connectivity index (χ2n) is 7.09. The van der Waals surface area contributed by atoms with Crippen molar-refractivity contribution in [3.05, 3.63) is 70.9 Å². The van der Waals surface area contributed by atoms with Crippen molar-refractivity contribution in [1.29, 1.82) is 0 Å². The number of halogens is 1. The molecule has 0 atom stereocenters. The Morgan fingerprint density at radius 2 is 1.89 bits per heavy atom. The zero-order valence-electron chi connectivity index (χ0n) is 15.7. The Morgan fingerprint density at radius 3 is 2.70 bits per heavy atom. The number of hydrogen-bond donors (Lipinski definition) is 2. The molecule has 2 N–H and O–H groups in total. The first-order valence-electron chi connectivity index (χ1n) is 8.92. The van der Waals surface area contributed by atoms with Crippen LogP contribution in [0.4, 0.5) is 4.39 Å². The number of hydrogen-bond acceptors (Lipinski definition) is 3. The molecule has 0 bridgehead atoms. The van der Waals surface area contributed by atoms with Gasteiger partial charge in [0.1, 0.15) is 11.6 Å². The molecule has 5 nitrogen and oxygen atoms in total. The summed E-state index contributed by atoms with van der Waals surface area (Å²) in [5, 5.41) is 7.36. The first-order valence-corrected chi connectivity index (χ1v) is 8.92. The van der Waals surface area contributed by atoms with Crippen LogP contribution in [0.25, 0.3) is 22.3 Å². The molecule has 0 fully saturated rings. The van der Waals surface area contributed by atoms with Gasteiger partial charge in [0.2, 0.25) is 0 Å². The van der Waals surface area contributed by atoms with E-state index in [4.69, 9.17) is 0 Å². The molecule has 2 aromatic heterocycles. The zero-order chi connectivity index (χ0) is 19.0. The monoisotopic (exact) mass is 363 g/mol. The van der Waals surface area contributed by atoms with E-state index in [1.165, 1.54) is 23.3 Å². The smallest absolute Gasteiger partial charge is 0.125 e. The largest absolute Gasteiger partial charge is 0.341 e. The Hall–Kier alpha value is -2.99. The Kier molecular flexibility index (Phi) is 4.49. The van der Waals surface area contributed by atoms with Gasteiger partial charge in [-0.2, -0.15) is 5.10 Å². The van der Waals surface area contributed by atoms with Crippen molar-refractivity contribution in [3.63, 3.8) is 0 Å². The Labute approximate surface area is 157 Å². The van der Waals surface area contributed by atoms with E-state index in [2.05, 4.69) is 57.1 Å². The SMILES string of the molecule is Cc1ccc(-c2[nH]ncc2CN(C)Cc2nc3ccc(F)cc3[nH]2)cc1C. The third-order valence-electron chi connectivity index (χ3n) is 4.87. The average molecular weight is 363 g/mol. The summed E-state index contributed by atoms with van der Waals surface area (Å²) in [6.07, 6.45) is 1.87. The maximum atomic E-state index is 13.4. The van der Waals surface area contributed by atoms with Crippen molar-refractivity contribution in [2.24, 2.45) is 0 Å². The molecule has 0 saturated carbocycles. The van der Waals surface area contributed by atoms with Crippen molar-refractivity contribution in [2.75, 3.05) is 7.05 Å². The fourth-order valence-electron chi connectivity index (χ4n) is 3.29. The van der Waals surface area contributed by atoms with Crippen LogP contribution in [0.15, 0.2) is 42.6 Å². The standard InChI is InChI=1S/C21H22FN5/c1-13-4-5-15(8-14(13)2)21-16(10-23-26-21)11-27(3)12-20-24-18-7-6-17(22)9-19(18)25-20/h4-10H,11-12H2,1-3H3,(H,23,26)(H,24,25). The van der Waals surface area contributed by atoms with Crippen LogP contribution in [-0.4, -0.2) is 32.1 Å². The van der Waals surface area contributed by atoms with Gasteiger partial charge in [-0.25, -0.2) is 9.37 Å². The second kappa shape index (κ2) is 6.96. The molecule has 27 heavy (non-hydrogen) atoms. The van der Waals surface area contributed by atoms with Gasteiger partial charge in [0.05, 0.1) is 29.5 Å². The van der Waals surface area contributed by atoms with Crippen LogP contribution in [0.1, 0.15) is 22.5 Å². The molecule has 0 saturated heterocycles. The predicted octanol–water partition coefficient (Wildman–Crippen LogP) is 4.34. The lowest BCUT2D eigenvalue weighted by molar-refractivity contribution is 0.312. The van der Waals surface area contributed by atoms with Crippen LogP contribution in [0.5, 0.6) is 0 Å². The Morgan fingerprint density at radius 1 is 1.04 bits per heavy atom. The van der Waals surface area contributed by atoms with Gasteiger partial charge in [-0.3, -0.25) is 10.00 Å². The molecule has 2 aromatic carbocycles. The second-order valence-corrected chi connectivity index (χ2v) is 7.09. The summed E-state index contributed by atoms with van der Waals surface area (Å²) < 4.78 is 13.4. The lowest BCUT2D eigenvalue weighted by Crippen LogP contribution is -2.18. The van der Waals surface area contributed by atoms with Crippen LogP contribution < -0.4 is 0 Å². The molecule has 4 aromatic rings. The van der Waals surface area contributed by atoms with Gasteiger partial charge in [0.25, 0.3) is 0 Å². The van der Waals surface area contributed by atoms with E-state index < -0.39 is 0 Å². The Balaban J connectivity index is 1.52. The van der Waals surface area contributed by atoms with Crippen molar-refractivity contribution < 1.29 is 4.39 Å². The molecule has 0 unspecified atom stereocenters. The number of aromatic amines is 2. The number of nitrogens with zero attached hydrogens (tertiary/aromatic N) is 3. The molecule has 6 heteroatoms. The first-order chi connectivity index (χ1) is 13.0. The quantitative estimate of drug-likeness (QED) is 0.554. The van der Waals surface area contributed by atoms with Crippen molar-refractivity contribution in [1.82, 2.24) is 25.1 Å². The van der Waals surface area contributed by atoms with Gasteiger partial charge >= 0.3 is 0 Å². The van der Waals surface area contributed by atoms with Crippen LogP contribution in [0.2, 0.25) is 0 Å². The number of H-pyrrole nitrogens is 2. The van der Waals surface area contributed by atoms with Gasteiger partial charge in [-0.05, 0) is 56.3 Å². The average Bonchev–Trinajstić information content (AvgIpc) is 3.23. The van der Waals surface area contributed by atoms with Gasteiger partial charge < -0.3 is 4.98 Å². The number of benzene rings is 2. The maximum absolute atomic E-state index is 13.4. The van der Waals surface area contributed by atoms with E-state index >= 15 is 0 Å². The first kappa shape index (κ1) is 17.4. The van der Waals surface area contributed by atoms with Crippen molar-refractivity contribution >= 4 is 11.0 Å². The van der Waals surface area contributed by atoms with E-state index in [0.29, 0.717) is 6.54 Å². The maximum Gasteiger partial charge on any atom is 0.125 e. The molecule has 138 valence electrons. The minimum Gasteiger partial charge on any atom is -0.341 e. The van der Waals surface area contributed by atoms with Crippen LogP contribution in [-0.2, 0) is 13.1 Å². The predicted molar refractivity (Wildman–Crippen MR) is 105 cm³/mol. The molecule has 0 radical (unpaired) electrons. The summed E-state index contributed by atoms with van der Waals surface area (Å²) in [5.74, 6) is 0.553. The summed E-state index contributed by atoms with van der Waals surface area (Å²) in [5.41, 5.74) is 7.34. The molecule has 2 heterocycles. The third-order valence-corrected chi connectivity index (χ3v) is 4.87. The number of aryl methyl sites for hydroxylation is 2. The number of rotatable bonds is 5. The van der Waals surface area contributed by atoms with Crippen LogP contribution >= 0.6 is 0 Å². The molecule has 0 aliphatic heterocycles. The summed E-state index contributed by atoms with van der Waals surface area (Å²) in [6.45, 7) is 5.59. The molecule has 0 aliphatic carbocycles. The molecular formula is C21H22FN5. The van der Waals surface area contributed by atoms with Gasteiger partial charge in [0, 0.05) is 17.7 Å². The van der Waals surface area contributed by atoms with Gasteiger partial charge in [0.15, 0.2) is 0 Å². The molecule has 4 rings (SSSR count). The highest BCUT2D eigenvalue weighted by molar-refractivity contribution is 5.74. The highest BCUT2D eigenvalue weighted by atomic mass is 19.1. The van der Waals surface area contributed by atoms with Crippen molar-refractivity contribution in [3.8, 4) is 11.3 Å².